The number of nitrogens with zero attached hydrogens (tertiary/aromatic N) is 1. The van der Waals surface area contributed by atoms with E-state index < -0.39 is 6.04 Å². The van der Waals surface area contributed by atoms with E-state index in [1.807, 2.05) is 11.4 Å². The minimum absolute atomic E-state index is 0.195. The lowest BCUT2D eigenvalue weighted by Crippen LogP contribution is -2.45. The van der Waals surface area contributed by atoms with Gasteiger partial charge in [0.05, 0.1) is 17.7 Å². The number of hydrogen-bond acceptors (Lipinski definition) is 5. The summed E-state index contributed by atoms with van der Waals surface area (Å²) in [5.74, 6) is 0.0247. The molecule has 0 aliphatic carbocycles. The fourth-order valence-electron chi connectivity index (χ4n) is 3.48. The molecule has 8 heteroatoms. The van der Waals surface area contributed by atoms with Crippen LogP contribution in [-0.2, 0) is 11.3 Å². The first-order valence-electron chi connectivity index (χ1n) is 9.68. The van der Waals surface area contributed by atoms with Crippen LogP contribution in [-0.4, -0.2) is 35.2 Å². The number of likely N-dealkylation sites (tertiary alicyclic amines) is 1. The first-order valence-corrected chi connectivity index (χ1v) is 10.6. The largest absolute Gasteiger partial charge is 0.467 e. The Morgan fingerprint density at radius 1 is 1.13 bits per heavy atom. The number of benzene rings is 1. The fourth-order valence-corrected chi connectivity index (χ4v) is 4.10. The third kappa shape index (κ3) is 4.44. The van der Waals surface area contributed by atoms with E-state index >= 15 is 0 Å². The Balaban J connectivity index is 1.42. The normalized spacial score (nSPS) is 15.7. The molecule has 0 saturated carbocycles. The molecule has 30 heavy (non-hydrogen) atoms. The number of carbonyl (C=O) groups excluding carboxylic acids is 3. The summed E-state index contributed by atoms with van der Waals surface area (Å²) in [6.45, 7) is 0.804. The molecule has 1 unspecified atom stereocenters. The van der Waals surface area contributed by atoms with Crippen molar-refractivity contribution in [3.8, 4) is 0 Å². The molecule has 1 aromatic carbocycles. The predicted octanol–water partition coefficient (Wildman–Crippen LogP) is 3.51. The molecule has 154 valence electrons. The van der Waals surface area contributed by atoms with Crippen LogP contribution in [0.1, 0.15) is 38.6 Å². The van der Waals surface area contributed by atoms with E-state index in [1.165, 1.54) is 11.3 Å². The molecule has 3 aromatic rings. The van der Waals surface area contributed by atoms with Crippen LogP contribution in [0.25, 0.3) is 0 Å². The van der Waals surface area contributed by atoms with Crippen LogP contribution in [0.3, 0.4) is 0 Å². The second-order valence-corrected chi connectivity index (χ2v) is 7.91. The summed E-state index contributed by atoms with van der Waals surface area (Å²) in [5.41, 5.74) is 0.974. The molecule has 1 saturated heterocycles. The molecule has 0 radical (unpaired) electrons. The second kappa shape index (κ2) is 8.96. The monoisotopic (exact) mass is 423 g/mol. The van der Waals surface area contributed by atoms with Crippen LogP contribution in [0.5, 0.6) is 0 Å². The number of rotatable bonds is 6. The van der Waals surface area contributed by atoms with Gasteiger partial charge in [-0.25, -0.2) is 0 Å². The minimum Gasteiger partial charge on any atom is -0.467 e. The number of anilines is 1. The molecule has 0 spiro atoms. The Bertz CT molecular complexity index is 1030. The first-order chi connectivity index (χ1) is 14.6. The third-order valence-electron chi connectivity index (χ3n) is 4.95. The standard InChI is InChI=1S/C22H21N3O4S/c26-20(23-14-17-7-3-11-29-17)18-8-2-10-25(18)22(28)15-5-1-6-16(13-15)24-21(27)19-9-4-12-30-19/h1,3-7,9,11-13,18H,2,8,10,14H2,(H,23,26)(H,24,27). The Labute approximate surface area is 177 Å². The van der Waals surface area contributed by atoms with Crippen molar-refractivity contribution in [3.63, 3.8) is 0 Å². The minimum atomic E-state index is -0.517. The molecule has 3 heterocycles. The summed E-state index contributed by atoms with van der Waals surface area (Å²) < 4.78 is 5.23. The summed E-state index contributed by atoms with van der Waals surface area (Å²) in [7, 11) is 0. The quantitative estimate of drug-likeness (QED) is 0.635. The zero-order valence-electron chi connectivity index (χ0n) is 16.2. The maximum atomic E-state index is 13.1. The van der Waals surface area contributed by atoms with Crippen LogP contribution in [0.15, 0.2) is 64.6 Å². The third-order valence-corrected chi connectivity index (χ3v) is 5.81. The first kappa shape index (κ1) is 19.9. The Hall–Kier alpha value is -3.39. The van der Waals surface area contributed by atoms with Gasteiger partial charge in [0.15, 0.2) is 0 Å². The average molecular weight is 423 g/mol. The van der Waals surface area contributed by atoms with E-state index in [9.17, 15) is 14.4 Å². The smallest absolute Gasteiger partial charge is 0.265 e. The van der Waals surface area contributed by atoms with Gasteiger partial charge >= 0.3 is 0 Å². The van der Waals surface area contributed by atoms with Crippen molar-refractivity contribution in [1.82, 2.24) is 10.2 Å². The van der Waals surface area contributed by atoms with E-state index in [0.29, 0.717) is 34.9 Å². The summed E-state index contributed by atoms with van der Waals surface area (Å²) >= 11 is 1.35. The van der Waals surface area contributed by atoms with Gasteiger partial charge in [0.25, 0.3) is 11.8 Å². The molecular formula is C22H21N3O4S. The molecule has 1 fully saturated rings. The van der Waals surface area contributed by atoms with Crippen LogP contribution in [0.2, 0.25) is 0 Å². The molecule has 0 bridgehead atoms. The maximum Gasteiger partial charge on any atom is 0.265 e. The predicted molar refractivity (Wildman–Crippen MR) is 113 cm³/mol. The number of amides is 3. The number of hydrogen-bond donors (Lipinski definition) is 2. The van der Waals surface area contributed by atoms with Gasteiger partial charge in [-0.1, -0.05) is 12.1 Å². The number of thiophene rings is 1. The van der Waals surface area contributed by atoms with Crippen molar-refractivity contribution >= 4 is 34.7 Å². The van der Waals surface area contributed by atoms with Crippen molar-refractivity contribution in [1.29, 1.82) is 0 Å². The fraction of sp³-hybridized carbons (Fsp3) is 0.227. The summed E-state index contributed by atoms with van der Waals surface area (Å²) in [4.78, 5) is 40.2. The highest BCUT2D eigenvalue weighted by Crippen LogP contribution is 2.22. The number of carbonyl (C=O) groups is 3. The summed E-state index contributed by atoms with van der Waals surface area (Å²) in [5, 5.41) is 7.48. The van der Waals surface area contributed by atoms with E-state index in [2.05, 4.69) is 10.6 Å². The van der Waals surface area contributed by atoms with E-state index in [4.69, 9.17) is 4.42 Å². The van der Waals surface area contributed by atoms with Crippen LogP contribution >= 0.6 is 11.3 Å². The molecule has 7 nitrogen and oxygen atoms in total. The molecule has 2 N–H and O–H groups in total. The number of nitrogens with one attached hydrogen (secondary N) is 2. The lowest BCUT2D eigenvalue weighted by atomic mass is 10.1. The van der Waals surface area contributed by atoms with E-state index in [0.717, 1.165) is 6.42 Å². The van der Waals surface area contributed by atoms with Crippen LogP contribution in [0, 0.1) is 0 Å². The van der Waals surface area contributed by atoms with Gasteiger partial charge < -0.3 is 20.0 Å². The van der Waals surface area contributed by atoms with Crippen LogP contribution in [0.4, 0.5) is 5.69 Å². The topological polar surface area (TPSA) is 91.7 Å². The lowest BCUT2D eigenvalue weighted by Gasteiger charge is -2.24. The Morgan fingerprint density at radius 3 is 2.80 bits per heavy atom. The summed E-state index contributed by atoms with van der Waals surface area (Å²) in [6, 6.07) is 13.4. The van der Waals surface area contributed by atoms with Crippen molar-refractivity contribution in [3.05, 3.63) is 76.4 Å². The molecule has 1 aliphatic rings. The van der Waals surface area contributed by atoms with Crippen molar-refractivity contribution in [2.24, 2.45) is 0 Å². The van der Waals surface area contributed by atoms with Crippen molar-refractivity contribution in [2.45, 2.75) is 25.4 Å². The zero-order valence-corrected chi connectivity index (χ0v) is 17.0. The van der Waals surface area contributed by atoms with Gasteiger partial charge in [0.2, 0.25) is 5.91 Å². The van der Waals surface area contributed by atoms with Crippen molar-refractivity contribution in [2.75, 3.05) is 11.9 Å². The lowest BCUT2D eigenvalue weighted by molar-refractivity contribution is -0.125. The molecule has 1 aliphatic heterocycles. The number of furan rings is 1. The average Bonchev–Trinajstić information content (AvgIpc) is 3.53. The zero-order chi connectivity index (χ0) is 20.9. The highest BCUT2D eigenvalue weighted by Gasteiger charge is 2.34. The highest BCUT2D eigenvalue weighted by atomic mass is 32.1. The molecule has 1 atom stereocenters. The van der Waals surface area contributed by atoms with Gasteiger partial charge in [-0.2, -0.15) is 0 Å². The van der Waals surface area contributed by atoms with E-state index in [-0.39, 0.29) is 24.3 Å². The maximum absolute atomic E-state index is 13.1. The molecule has 4 rings (SSSR count). The van der Waals surface area contributed by atoms with Gasteiger partial charge in [0.1, 0.15) is 11.8 Å². The van der Waals surface area contributed by atoms with Gasteiger partial charge in [-0.15, -0.1) is 11.3 Å². The Morgan fingerprint density at radius 2 is 2.03 bits per heavy atom. The molecule has 3 amide bonds. The van der Waals surface area contributed by atoms with Gasteiger partial charge in [-0.3, -0.25) is 14.4 Å². The van der Waals surface area contributed by atoms with Crippen LogP contribution < -0.4 is 10.6 Å². The molecular weight excluding hydrogens is 402 g/mol. The van der Waals surface area contributed by atoms with Gasteiger partial charge in [-0.05, 0) is 54.6 Å². The van der Waals surface area contributed by atoms with Gasteiger partial charge in [0, 0.05) is 17.8 Å². The van der Waals surface area contributed by atoms with E-state index in [1.54, 1.807) is 53.6 Å². The molecule has 2 aromatic heterocycles. The highest BCUT2D eigenvalue weighted by molar-refractivity contribution is 7.12. The SMILES string of the molecule is O=C(Nc1cccc(C(=O)N2CCCC2C(=O)NCc2ccco2)c1)c1cccs1. The van der Waals surface area contributed by atoms with Crippen molar-refractivity contribution < 1.29 is 18.8 Å². The Kier molecular flexibility index (Phi) is 5.94. The second-order valence-electron chi connectivity index (χ2n) is 6.97. The summed E-state index contributed by atoms with van der Waals surface area (Å²) in [6.07, 6.45) is 2.93.